The first-order valence-electron chi connectivity index (χ1n) is 10.5. The molecule has 0 spiro atoms. The first-order valence-corrected chi connectivity index (χ1v) is 11.3. The van der Waals surface area contributed by atoms with Gasteiger partial charge in [0.25, 0.3) is 0 Å². The van der Waals surface area contributed by atoms with E-state index in [4.69, 9.17) is 15.0 Å². The fourth-order valence-electron chi connectivity index (χ4n) is 3.32. The molecule has 0 aliphatic carbocycles. The second kappa shape index (κ2) is 10.4. The quantitative estimate of drug-likeness (QED) is 0.540. The summed E-state index contributed by atoms with van der Waals surface area (Å²) in [6.45, 7) is 4.09. The lowest BCUT2D eigenvalue weighted by Gasteiger charge is -2.32. The van der Waals surface area contributed by atoms with Crippen LogP contribution in [-0.2, 0) is 6.42 Å². The summed E-state index contributed by atoms with van der Waals surface area (Å²) in [4.78, 5) is 15.6. The van der Waals surface area contributed by atoms with Gasteiger partial charge in [0.05, 0.1) is 29.3 Å². The molecule has 0 radical (unpaired) electrons. The minimum absolute atomic E-state index is 0.247. The van der Waals surface area contributed by atoms with Gasteiger partial charge in [-0.1, -0.05) is 23.9 Å². The van der Waals surface area contributed by atoms with Crippen molar-refractivity contribution in [3.63, 3.8) is 0 Å². The summed E-state index contributed by atoms with van der Waals surface area (Å²) in [6.07, 6.45) is 2.45. The first kappa shape index (κ1) is 22.1. The van der Waals surface area contributed by atoms with Gasteiger partial charge in [-0.15, -0.1) is 0 Å². The molecule has 0 atom stereocenters. The molecule has 0 unspecified atom stereocenters. The summed E-state index contributed by atoms with van der Waals surface area (Å²) in [5.74, 6) is 0.952. The zero-order valence-corrected chi connectivity index (χ0v) is 18.7. The second-order valence-electron chi connectivity index (χ2n) is 7.59. The predicted molar refractivity (Wildman–Crippen MR) is 123 cm³/mol. The number of halogens is 1. The number of benzene rings is 2. The number of rotatable bonds is 7. The lowest BCUT2D eigenvalue weighted by Crippen LogP contribution is -2.45. The molecule has 6 nitrogen and oxygen atoms in total. The number of aromatic nitrogens is 2. The van der Waals surface area contributed by atoms with Crippen molar-refractivity contribution in [3.05, 3.63) is 71.7 Å². The maximum absolute atomic E-state index is 13.2. The van der Waals surface area contributed by atoms with Crippen LogP contribution in [-0.4, -0.2) is 54.7 Å². The van der Waals surface area contributed by atoms with Gasteiger partial charge in [0.2, 0.25) is 11.8 Å². The molecule has 1 saturated heterocycles. The maximum Gasteiger partial charge on any atom is 0.232 e. The zero-order valence-electron chi connectivity index (χ0n) is 17.9. The van der Waals surface area contributed by atoms with E-state index in [0.29, 0.717) is 30.4 Å². The number of likely N-dealkylation sites (N-methyl/N-ethyl adjacent to an activating group) is 1. The molecule has 32 heavy (non-hydrogen) atoms. The number of nitriles is 1. The van der Waals surface area contributed by atoms with Gasteiger partial charge in [0.1, 0.15) is 5.82 Å². The molecule has 0 bridgehead atoms. The normalized spacial score (nSPS) is 14.2. The van der Waals surface area contributed by atoms with Crippen LogP contribution in [0, 0.1) is 17.1 Å². The van der Waals surface area contributed by atoms with Crippen LogP contribution in [0.2, 0.25) is 0 Å². The number of nitrogens with zero attached hydrogens (tertiary/aromatic N) is 5. The molecule has 0 saturated carbocycles. The van der Waals surface area contributed by atoms with Gasteiger partial charge >= 0.3 is 0 Å². The van der Waals surface area contributed by atoms with Crippen molar-refractivity contribution in [3.8, 4) is 11.9 Å². The van der Waals surface area contributed by atoms with Gasteiger partial charge in [-0.25, -0.2) is 9.37 Å². The van der Waals surface area contributed by atoms with Crippen molar-refractivity contribution < 1.29 is 9.13 Å². The molecular weight excluding hydrogens is 425 g/mol. The fourth-order valence-corrected chi connectivity index (χ4v) is 4.14. The number of piperazine rings is 1. The molecule has 8 heteroatoms. The first-order chi connectivity index (χ1) is 15.6. The lowest BCUT2D eigenvalue weighted by molar-refractivity contribution is 0.296. The van der Waals surface area contributed by atoms with Crippen molar-refractivity contribution >= 4 is 17.7 Å². The standard InChI is InChI=1S/C24H24FN5OS/c1-29-11-13-30(14-12-29)24-27-17-22(32-21-8-4-19(16-26)5-9-21)23(28-24)31-15-10-18-2-6-20(25)7-3-18/h2-9,17H,10-15H2,1H3. The molecule has 0 N–H and O–H groups in total. The SMILES string of the molecule is CN1CCN(c2ncc(Sc3ccc(C#N)cc3)c(OCCc3ccc(F)cc3)n2)CC1. The van der Waals surface area contributed by atoms with Crippen LogP contribution in [0.25, 0.3) is 0 Å². The molecule has 164 valence electrons. The third-order valence-electron chi connectivity index (χ3n) is 5.25. The van der Waals surface area contributed by atoms with Gasteiger partial charge in [0.15, 0.2) is 0 Å². The monoisotopic (exact) mass is 449 g/mol. The van der Waals surface area contributed by atoms with Gasteiger partial charge in [0, 0.05) is 37.5 Å². The minimum atomic E-state index is -0.247. The minimum Gasteiger partial charge on any atom is -0.476 e. The Labute approximate surface area is 191 Å². The molecule has 1 fully saturated rings. The van der Waals surface area contributed by atoms with Gasteiger partial charge in [-0.05, 0) is 49.0 Å². The molecule has 4 rings (SSSR count). The van der Waals surface area contributed by atoms with E-state index in [1.165, 1.54) is 23.9 Å². The largest absolute Gasteiger partial charge is 0.476 e. The van der Waals surface area contributed by atoms with E-state index < -0.39 is 0 Å². The van der Waals surface area contributed by atoms with Crippen LogP contribution in [0.4, 0.5) is 10.3 Å². The van der Waals surface area contributed by atoms with E-state index in [-0.39, 0.29) is 5.82 Å². The topological polar surface area (TPSA) is 65.3 Å². The predicted octanol–water partition coefficient (Wildman–Crippen LogP) is 4.01. The average molecular weight is 450 g/mol. The summed E-state index contributed by atoms with van der Waals surface area (Å²) < 4.78 is 19.2. The lowest BCUT2D eigenvalue weighted by atomic mass is 10.2. The molecule has 3 aromatic rings. The van der Waals surface area contributed by atoms with E-state index in [1.54, 1.807) is 30.5 Å². The van der Waals surface area contributed by atoms with Crippen molar-refractivity contribution in [2.45, 2.75) is 16.2 Å². The van der Waals surface area contributed by atoms with Crippen molar-refractivity contribution in [1.82, 2.24) is 14.9 Å². The van der Waals surface area contributed by atoms with E-state index in [0.717, 1.165) is 41.5 Å². The third kappa shape index (κ3) is 5.75. The van der Waals surface area contributed by atoms with Crippen LogP contribution in [0.1, 0.15) is 11.1 Å². The molecule has 2 heterocycles. The van der Waals surface area contributed by atoms with Crippen molar-refractivity contribution in [2.24, 2.45) is 0 Å². The Morgan fingerprint density at radius 1 is 1.06 bits per heavy atom. The van der Waals surface area contributed by atoms with E-state index in [2.05, 4.69) is 27.9 Å². The van der Waals surface area contributed by atoms with Gasteiger partial charge in [-0.3, -0.25) is 0 Å². The molecular formula is C24H24FN5OS. The van der Waals surface area contributed by atoms with E-state index in [9.17, 15) is 4.39 Å². The smallest absolute Gasteiger partial charge is 0.232 e. The summed E-state index contributed by atoms with van der Waals surface area (Å²) in [7, 11) is 2.11. The Morgan fingerprint density at radius 3 is 2.47 bits per heavy atom. The van der Waals surface area contributed by atoms with Crippen LogP contribution in [0.5, 0.6) is 5.88 Å². The maximum atomic E-state index is 13.2. The van der Waals surface area contributed by atoms with Crippen LogP contribution < -0.4 is 9.64 Å². The van der Waals surface area contributed by atoms with Gasteiger partial charge in [-0.2, -0.15) is 10.2 Å². The Kier molecular flexibility index (Phi) is 7.20. The van der Waals surface area contributed by atoms with Crippen molar-refractivity contribution in [2.75, 3.05) is 44.7 Å². The van der Waals surface area contributed by atoms with E-state index in [1.807, 2.05) is 12.1 Å². The highest BCUT2D eigenvalue weighted by Gasteiger charge is 2.19. The molecule has 1 aliphatic rings. The van der Waals surface area contributed by atoms with Gasteiger partial charge < -0.3 is 14.5 Å². The highest BCUT2D eigenvalue weighted by Crippen LogP contribution is 2.34. The molecule has 0 amide bonds. The summed E-state index contributed by atoms with van der Waals surface area (Å²) in [6, 6.07) is 16.0. The Balaban J connectivity index is 1.51. The zero-order chi connectivity index (χ0) is 22.3. The number of hydrogen-bond donors (Lipinski definition) is 0. The number of hydrogen-bond acceptors (Lipinski definition) is 7. The van der Waals surface area contributed by atoms with Crippen LogP contribution >= 0.6 is 11.8 Å². The van der Waals surface area contributed by atoms with Crippen LogP contribution in [0.15, 0.2) is 64.5 Å². The second-order valence-corrected chi connectivity index (χ2v) is 8.71. The Hall–Kier alpha value is -3.15. The molecule has 1 aromatic heterocycles. The summed E-state index contributed by atoms with van der Waals surface area (Å²) in [5, 5.41) is 9.01. The molecule has 1 aliphatic heterocycles. The summed E-state index contributed by atoms with van der Waals surface area (Å²) in [5.41, 5.74) is 1.62. The Bertz CT molecular complexity index is 1080. The summed E-state index contributed by atoms with van der Waals surface area (Å²) >= 11 is 1.50. The molecule has 2 aromatic carbocycles. The number of ether oxygens (including phenoxy) is 1. The fraction of sp³-hybridized carbons (Fsp3) is 0.292. The van der Waals surface area contributed by atoms with E-state index >= 15 is 0 Å². The highest BCUT2D eigenvalue weighted by molar-refractivity contribution is 7.99. The van der Waals surface area contributed by atoms with Crippen LogP contribution in [0.3, 0.4) is 0 Å². The average Bonchev–Trinajstić information content (AvgIpc) is 2.82. The highest BCUT2D eigenvalue weighted by atomic mass is 32.2. The number of anilines is 1. The van der Waals surface area contributed by atoms with Crippen molar-refractivity contribution in [1.29, 1.82) is 5.26 Å². The Morgan fingerprint density at radius 2 is 1.78 bits per heavy atom. The third-order valence-corrected chi connectivity index (χ3v) is 6.26.